The summed E-state index contributed by atoms with van der Waals surface area (Å²) in [5.74, 6) is 0.226. The number of hydrogen-bond acceptors (Lipinski definition) is 6. The van der Waals surface area contributed by atoms with Crippen LogP contribution in [0, 0.1) is 0 Å². The van der Waals surface area contributed by atoms with Crippen LogP contribution in [-0.2, 0) is 4.79 Å². The lowest BCUT2D eigenvalue weighted by Gasteiger charge is -2.12. The number of para-hydroxylation sites is 1. The van der Waals surface area contributed by atoms with E-state index in [9.17, 15) is 9.59 Å². The van der Waals surface area contributed by atoms with Crippen LogP contribution >= 0.6 is 23.1 Å². The summed E-state index contributed by atoms with van der Waals surface area (Å²) >= 11 is 2.77. The number of primary amides is 1. The molecule has 0 saturated carbocycles. The molecule has 0 saturated heterocycles. The smallest absolute Gasteiger partial charge is 0.318 e. The fourth-order valence-corrected chi connectivity index (χ4v) is 3.72. The summed E-state index contributed by atoms with van der Waals surface area (Å²) in [6.45, 7) is 1.68. The second kappa shape index (κ2) is 7.49. The van der Waals surface area contributed by atoms with Crippen molar-refractivity contribution in [3.05, 3.63) is 47.8 Å². The van der Waals surface area contributed by atoms with Crippen molar-refractivity contribution >= 4 is 35.0 Å². The number of carbonyl (C=O) groups excluding carboxylic acids is 2. The van der Waals surface area contributed by atoms with Crippen LogP contribution < -0.4 is 11.1 Å². The van der Waals surface area contributed by atoms with Gasteiger partial charge < -0.3 is 5.73 Å². The Morgan fingerprint density at radius 1 is 1.20 bits per heavy atom. The summed E-state index contributed by atoms with van der Waals surface area (Å²) in [5, 5.41) is 12.6. The Morgan fingerprint density at radius 3 is 2.60 bits per heavy atom. The van der Waals surface area contributed by atoms with E-state index in [0.717, 1.165) is 10.6 Å². The Labute approximate surface area is 152 Å². The molecule has 0 aliphatic heterocycles. The zero-order valence-electron chi connectivity index (χ0n) is 13.2. The number of aromatic nitrogens is 3. The Morgan fingerprint density at radius 2 is 1.96 bits per heavy atom. The van der Waals surface area contributed by atoms with Crippen molar-refractivity contribution in [2.45, 2.75) is 17.3 Å². The van der Waals surface area contributed by atoms with Gasteiger partial charge >= 0.3 is 6.03 Å². The Balaban J connectivity index is 1.97. The van der Waals surface area contributed by atoms with E-state index in [4.69, 9.17) is 5.73 Å². The minimum absolute atomic E-state index is 0.474. The quantitative estimate of drug-likeness (QED) is 0.669. The van der Waals surface area contributed by atoms with E-state index in [-0.39, 0.29) is 0 Å². The van der Waals surface area contributed by atoms with Gasteiger partial charge in [-0.15, -0.1) is 21.5 Å². The van der Waals surface area contributed by atoms with E-state index in [2.05, 4.69) is 15.5 Å². The predicted octanol–water partition coefficient (Wildman–Crippen LogP) is 2.67. The van der Waals surface area contributed by atoms with Gasteiger partial charge in [-0.1, -0.05) is 36.0 Å². The fraction of sp³-hybridized carbons (Fsp3) is 0.125. The molecule has 0 unspecified atom stereocenters. The molecule has 0 aliphatic carbocycles. The average molecular weight is 373 g/mol. The molecule has 3 rings (SSSR count). The third-order valence-electron chi connectivity index (χ3n) is 3.29. The summed E-state index contributed by atoms with van der Waals surface area (Å²) in [4.78, 5) is 23.8. The lowest BCUT2D eigenvalue weighted by molar-refractivity contribution is -0.119. The number of amides is 3. The summed E-state index contributed by atoms with van der Waals surface area (Å²) < 4.78 is 1.89. The summed E-state index contributed by atoms with van der Waals surface area (Å²) in [6.07, 6.45) is 0. The molecule has 7 nitrogen and oxygen atoms in total. The SMILES string of the molecule is C[C@H](Sc1nnc(-c2cccs2)n1-c1ccccc1)C(=O)NC(N)=O. The Hall–Kier alpha value is -2.65. The van der Waals surface area contributed by atoms with Crippen LogP contribution in [0.5, 0.6) is 0 Å². The first-order valence-corrected chi connectivity index (χ1v) is 9.14. The minimum Gasteiger partial charge on any atom is -0.351 e. The minimum atomic E-state index is -0.874. The molecule has 2 heterocycles. The molecule has 0 spiro atoms. The number of thioether (sulfide) groups is 1. The van der Waals surface area contributed by atoms with E-state index < -0.39 is 17.2 Å². The van der Waals surface area contributed by atoms with E-state index in [1.165, 1.54) is 11.8 Å². The van der Waals surface area contributed by atoms with Gasteiger partial charge in [0.05, 0.1) is 10.1 Å². The van der Waals surface area contributed by atoms with Crippen LogP contribution in [-0.4, -0.2) is 32.0 Å². The molecular formula is C16H15N5O2S2. The summed E-state index contributed by atoms with van der Waals surface area (Å²) in [7, 11) is 0. The number of imide groups is 1. The van der Waals surface area contributed by atoms with Crippen molar-refractivity contribution in [3.8, 4) is 16.4 Å². The van der Waals surface area contributed by atoms with Crippen molar-refractivity contribution in [2.24, 2.45) is 5.73 Å². The Bertz CT molecular complexity index is 877. The molecule has 3 amide bonds. The number of nitrogens with two attached hydrogens (primary N) is 1. The summed E-state index contributed by atoms with van der Waals surface area (Å²) in [6, 6.07) is 12.7. The molecule has 25 heavy (non-hydrogen) atoms. The van der Waals surface area contributed by atoms with Gasteiger partial charge in [-0.2, -0.15) is 0 Å². The van der Waals surface area contributed by atoms with E-state index in [1.54, 1.807) is 18.3 Å². The molecule has 0 fully saturated rings. The standard InChI is InChI=1S/C16H15N5O2S2/c1-10(14(22)18-15(17)23)25-16-20-19-13(12-8-5-9-24-12)21(16)11-6-3-2-4-7-11/h2-10H,1H3,(H3,17,18,22,23)/t10-/m0/s1. The Kier molecular flexibility index (Phi) is 5.15. The fourth-order valence-electron chi connectivity index (χ4n) is 2.16. The largest absolute Gasteiger partial charge is 0.351 e. The molecule has 9 heteroatoms. The second-order valence-electron chi connectivity index (χ2n) is 5.07. The first-order chi connectivity index (χ1) is 12.1. The molecule has 128 valence electrons. The summed E-state index contributed by atoms with van der Waals surface area (Å²) in [5.41, 5.74) is 5.89. The highest BCUT2D eigenvalue weighted by Crippen LogP contribution is 2.31. The molecule has 1 atom stereocenters. The lowest BCUT2D eigenvalue weighted by atomic mass is 10.3. The zero-order chi connectivity index (χ0) is 17.8. The molecule has 0 bridgehead atoms. The number of thiophene rings is 1. The van der Waals surface area contributed by atoms with E-state index in [0.29, 0.717) is 11.0 Å². The maximum Gasteiger partial charge on any atom is 0.318 e. The molecule has 3 N–H and O–H groups in total. The second-order valence-corrected chi connectivity index (χ2v) is 7.32. The first-order valence-electron chi connectivity index (χ1n) is 7.38. The molecule has 0 aliphatic rings. The van der Waals surface area contributed by atoms with Crippen molar-refractivity contribution < 1.29 is 9.59 Å². The molecule has 2 aromatic heterocycles. The zero-order valence-corrected chi connectivity index (χ0v) is 14.9. The van der Waals surface area contributed by atoms with Crippen molar-refractivity contribution in [2.75, 3.05) is 0 Å². The average Bonchev–Trinajstić information content (AvgIpc) is 3.24. The van der Waals surface area contributed by atoms with Crippen LogP contribution in [0.3, 0.4) is 0 Å². The number of nitrogens with zero attached hydrogens (tertiary/aromatic N) is 3. The van der Waals surface area contributed by atoms with Gasteiger partial charge in [-0.05, 0) is 30.5 Å². The number of urea groups is 1. The van der Waals surface area contributed by atoms with Crippen molar-refractivity contribution in [1.29, 1.82) is 0 Å². The number of hydrogen-bond donors (Lipinski definition) is 2. The van der Waals surface area contributed by atoms with Gasteiger partial charge in [0.25, 0.3) is 0 Å². The molecule has 3 aromatic rings. The van der Waals surface area contributed by atoms with Gasteiger partial charge in [-0.3, -0.25) is 14.7 Å². The number of rotatable bonds is 5. The van der Waals surface area contributed by atoms with Crippen LogP contribution in [0.2, 0.25) is 0 Å². The highest BCUT2D eigenvalue weighted by atomic mass is 32.2. The van der Waals surface area contributed by atoms with Gasteiger partial charge in [-0.25, -0.2) is 4.79 Å². The van der Waals surface area contributed by atoms with E-state index >= 15 is 0 Å². The topological polar surface area (TPSA) is 103 Å². The number of carbonyl (C=O) groups is 2. The number of benzene rings is 1. The van der Waals surface area contributed by atoms with Gasteiger partial charge in [0.15, 0.2) is 11.0 Å². The van der Waals surface area contributed by atoms with Gasteiger partial charge in [0, 0.05) is 5.69 Å². The first kappa shape index (κ1) is 17.2. The normalized spacial score (nSPS) is 11.9. The maximum absolute atomic E-state index is 12.0. The van der Waals surface area contributed by atoms with Crippen LogP contribution in [0.4, 0.5) is 4.79 Å². The lowest BCUT2D eigenvalue weighted by Crippen LogP contribution is -2.39. The molecule has 1 aromatic carbocycles. The molecule has 0 radical (unpaired) electrons. The monoisotopic (exact) mass is 373 g/mol. The third-order valence-corrected chi connectivity index (χ3v) is 5.20. The van der Waals surface area contributed by atoms with Crippen LogP contribution in [0.15, 0.2) is 53.0 Å². The van der Waals surface area contributed by atoms with Gasteiger partial charge in [0.2, 0.25) is 5.91 Å². The van der Waals surface area contributed by atoms with Gasteiger partial charge in [0.1, 0.15) is 0 Å². The third kappa shape index (κ3) is 3.89. The number of nitrogens with one attached hydrogen (secondary N) is 1. The van der Waals surface area contributed by atoms with Crippen LogP contribution in [0.25, 0.3) is 16.4 Å². The highest BCUT2D eigenvalue weighted by Gasteiger charge is 2.22. The maximum atomic E-state index is 12.0. The molecular weight excluding hydrogens is 358 g/mol. The predicted molar refractivity (Wildman–Crippen MR) is 97.7 cm³/mol. The highest BCUT2D eigenvalue weighted by molar-refractivity contribution is 8.00. The van der Waals surface area contributed by atoms with Crippen molar-refractivity contribution in [1.82, 2.24) is 20.1 Å². The van der Waals surface area contributed by atoms with Crippen molar-refractivity contribution in [3.63, 3.8) is 0 Å². The van der Waals surface area contributed by atoms with Crippen LogP contribution in [0.1, 0.15) is 6.92 Å². The van der Waals surface area contributed by atoms with E-state index in [1.807, 2.05) is 52.4 Å².